The number of fused-ring (bicyclic) bond motifs is 1. The first-order valence-corrected chi connectivity index (χ1v) is 7.29. The molecule has 0 aliphatic rings. The summed E-state index contributed by atoms with van der Waals surface area (Å²) < 4.78 is 14.9. The SMILES string of the molecule is N#Cc1cc(Sc2c(F)cc3[nH]ccc3c2Br)ccn1. The number of aromatic amines is 1. The normalized spacial score (nSPS) is 10.7. The van der Waals surface area contributed by atoms with Crippen LogP contribution in [0.3, 0.4) is 0 Å². The fourth-order valence-electron chi connectivity index (χ4n) is 1.86. The van der Waals surface area contributed by atoms with Gasteiger partial charge in [-0.05, 0) is 40.2 Å². The van der Waals surface area contributed by atoms with Crippen molar-refractivity contribution in [3.63, 3.8) is 0 Å². The van der Waals surface area contributed by atoms with Gasteiger partial charge < -0.3 is 4.98 Å². The predicted octanol–water partition coefficient (Wildman–Crippen LogP) is 4.49. The number of aromatic nitrogens is 2. The molecule has 0 unspecified atom stereocenters. The Morgan fingerprint density at radius 1 is 1.35 bits per heavy atom. The minimum absolute atomic E-state index is 0.313. The minimum atomic E-state index is -0.313. The molecular weight excluding hydrogens is 341 g/mol. The van der Waals surface area contributed by atoms with Gasteiger partial charge in [0, 0.05) is 32.7 Å². The van der Waals surface area contributed by atoms with Gasteiger partial charge in [-0.25, -0.2) is 9.37 Å². The third kappa shape index (κ3) is 2.30. The quantitative estimate of drug-likeness (QED) is 0.743. The molecule has 98 valence electrons. The van der Waals surface area contributed by atoms with Gasteiger partial charge in [0.15, 0.2) is 0 Å². The molecule has 0 bridgehead atoms. The molecule has 0 aliphatic carbocycles. The van der Waals surface area contributed by atoms with Crippen molar-refractivity contribution in [2.75, 3.05) is 0 Å². The number of nitrogens with zero attached hydrogens (tertiary/aromatic N) is 2. The first-order valence-electron chi connectivity index (χ1n) is 5.68. The average Bonchev–Trinajstić information content (AvgIpc) is 2.92. The first kappa shape index (κ1) is 13.2. The summed E-state index contributed by atoms with van der Waals surface area (Å²) in [7, 11) is 0. The van der Waals surface area contributed by atoms with Crippen LogP contribution in [0.1, 0.15) is 5.69 Å². The van der Waals surface area contributed by atoms with E-state index in [9.17, 15) is 4.39 Å². The van der Waals surface area contributed by atoms with Crippen LogP contribution in [0.2, 0.25) is 0 Å². The van der Waals surface area contributed by atoms with Crippen LogP contribution in [0, 0.1) is 17.1 Å². The van der Waals surface area contributed by atoms with Crippen LogP contribution >= 0.6 is 27.7 Å². The van der Waals surface area contributed by atoms with Crippen LogP contribution < -0.4 is 0 Å². The maximum absolute atomic E-state index is 14.2. The van der Waals surface area contributed by atoms with E-state index in [4.69, 9.17) is 5.26 Å². The van der Waals surface area contributed by atoms with Crippen molar-refractivity contribution < 1.29 is 4.39 Å². The molecule has 0 radical (unpaired) electrons. The lowest BCUT2D eigenvalue weighted by Crippen LogP contribution is -1.87. The molecule has 2 heterocycles. The Bertz CT molecular complexity index is 838. The molecule has 0 atom stereocenters. The van der Waals surface area contributed by atoms with Gasteiger partial charge in [0.05, 0.1) is 4.90 Å². The summed E-state index contributed by atoms with van der Waals surface area (Å²) in [6, 6.07) is 8.71. The Balaban J connectivity index is 2.08. The summed E-state index contributed by atoms with van der Waals surface area (Å²) in [6.45, 7) is 0. The summed E-state index contributed by atoms with van der Waals surface area (Å²) in [5.74, 6) is -0.313. The number of rotatable bonds is 2. The molecule has 3 nitrogen and oxygen atoms in total. The van der Waals surface area contributed by atoms with E-state index in [2.05, 4.69) is 25.9 Å². The largest absolute Gasteiger partial charge is 0.361 e. The van der Waals surface area contributed by atoms with Crippen molar-refractivity contribution in [3.8, 4) is 6.07 Å². The van der Waals surface area contributed by atoms with E-state index in [0.717, 1.165) is 15.8 Å². The Labute approximate surface area is 127 Å². The van der Waals surface area contributed by atoms with Crippen molar-refractivity contribution >= 4 is 38.6 Å². The highest BCUT2D eigenvalue weighted by molar-refractivity contribution is 9.10. The van der Waals surface area contributed by atoms with Gasteiger partial charge in [-0.2, -0.15) is 5.26 Å². The van der Waals surface area contributed by atoms with E-state index in [1.165, 1.54) is 17.8 Å². The Hall–Kier alpha value is -1.84. The van der Waals surface area contributed by atoms with Crippen LogP contribution in [0.25, 0.3) is 10.9 Å². The molecule has 1 N–H and O–H groups in total. The molecule has 3 rings (SSSR count). The van der Waals surface area contributed by atoms with Crippen molar-refractivity contribution in [1.82, 2.24) is 9.97 Å². The Morgan fingerprint density at radius 3 is 3.00 bits per heavy atom. The van der Waals surface area contributed by atoms with Crippen molar-refractivity contribution in [2.24, 2.45) is 0 Å². The highest BCUT2D eigenvalue weighted by Crippen LogP contribution is 2.39. The van der Waals surface area contributed by atoms with Crippen molar-refractivity contribution in [2.45, 2.75) is 9.79 Å². The smallest absolute Gasteiger partial charge is 0.141 e. The van der Waals surface area contributed by atoms with E-state index in [0.29, 0.717) is 15.1 Å². The van der Waals surface area contributed by atoms with E-state index in [-0.39, 0.29) is 5.82 Å². The third-order valence-corrected chi connectivity index (χ3v) is 4.95. The number of pyridine rings is 1. The summed E-state index contributed by atoms with van der Waals surface area (Å²) >= 11 is 4.71. The van der Waals surface area contributed by atoms with Gasteiger partial charge in [0.2, 0.25) is 0 Å². The lowest BCUT2D eigenvalue weighted by molar-refractivity contribution is 0.602. The zero-order valence-electron chi connectivity index (χ0n) is 10.0. The molecular formula is C14H7BrFN3S. The van der Waals surface area contributed by atoms with Crippen LogP contribution in [-0.4, -0.2) is 9.97 Å². The zero-order chi connectivity index (χ0) is 14.1. The molecule has 0 spiro atoms. The number of benzene rings is 1. The molecule has 3 aromatic rings. The van der Waals surface area contributed by atoms with E-state index >= 15 is 0 Å². The number of nitriles is 1. The second-order valence-electron chi connectivity index (χ2n) is 4.03. The monoisotopic (exact) mass is 347 g/mol. The second-order valence-corrected chi connectivity index (χ2v) is 5.91. The molecule has 1 aromatic carbocycles. The van der Waals surface area contributed by atoms with E-state index in [1.54, 1.807) is 24.5 Å². The van der Waals surface area contributed by atoms with Crippen LogP contribution in [0.15, 0.2) is 50.9 Å². The summed E-state index contributed by atoms with van der Waals surface area (Å²) in [4.78, 5) is 8.14. The van der Waals surface area contributed by atoms with Gasteiger partial charge in [0.25, 0.3) is 0 Å². The number of hydrogen-bond donors (Lipinski definition) is 1. The standard InChI is InChI=1S/C14H7BrFN3S/c15-13-10-2-4-19-12(10)6-11(16)14(13)20-9-1-3-18-8(5-9)7-17/h1-6,19H. The van der Waals surface area contributed by atoms with Gasteiger partial charge in [-0.3, -0.25) is 0 Å². The fraction of sp³-hybridized carbons (Fsp3) is 0. The number of hydrogen-bond acceptors (Lipinski definition) is 3. The van der Waals surface area contributed by atoms with Crippen LogP contribution in [-0.2, 0) is 0 Å². The van der Waals surface area contributed by atoms with Crippen molar-refractivity contribution in [3.05, 3.63) is 52.6 Å². The summed E-state index contributed by atoms with van der Waals surface area (Å²) in [5.41, 5.74) is 1.06. The molecule has 0 saturated carbocycles. The lowest BCUT2D eigenvalue weighted by Gasteiger charge is -2.07. The minimum Gasteiger partial charge on any atom is -0.361 e. The highest BCUT2D eigenvalue weighted by atomic mass is 79.9. The lowest BCUT2D eigenvalue weighted by atomic mass is 10.2. The molecule has 6 heteroatoms. The maximum atomic E-state index is 14.2. The number of halogens is 2. The van der Waals surface area contributed by atoms with Gasteiger partial charge in [0.1, 0.15) is 17.6 Å². The summed E-state index contributed by atoms with van der Waals surface area (Å²) in [6.07, 6.45) is 3.31. The van der Waals surface area contributed by atoms with E-state index < -0.39 is 0 Å². The average molecular weight is 348 g/mol. The predicted molar refractivity (Wildman–Crippen MR) is 79.0 cm³/mol. The molecule has 2 aromatic heterocycles. The molecule has 0 saturated heterocycles. The second kappa shape index (κ2) is 5.27. The number of H-pyrrole nitrogens is 1. The molecule has 0 aliphatic heterocycles. The van der Waals surface area contributed by atoms with Crippen LogP contribution in [0.5, 0.6) is 0 Å². The van der Waals surface area contributed by atoms with Gasteiger partial charge in [-0.15, -0.1) is 0 Å². The maximum Gasteiger partial charge on any atom is 0.141 e. The summed E-state index contributed by atoms with van der Waals surface area (Å²) in [5, 5.41) is 9.76. The number of nitrogens with one attached hydrogen (secondary N) is 1. The molecule has 0 amide bonds. The fourth-order valence-corrected chi connectivity index (χ4v) is 3.53. The Morgan fingerprint density at radius 2 is 2.20 bits per heavy atom. The zero-order valence-corrected chi connectivity index (χ0v) is 12.4. The topological polar surface area (TPSA) is 52.5 Å². The first-order chi connectivity index (χ1) is 9.69. The van der Waals surface area contributed by atoms with Gasteiger partial charge in [-0.1, -0.05) is 11.8 Å². The molecule has 20 heavy (non-hydrogen) atoms. The third-order valence-electron chi connectivity index (χ3n) is 2.77. The molecule has 0 fully saturated rings. The highest BCUT2D eigenvalue weighted by Gasteiger charge is 2.14. The van der Waals surface area contributed by atoms with Gasteiger partial charge >= 0.3 is 0 Å². The van der Waals surface area contributed by atoms with E-state index in [1.807, 2.05) is 12.1 Å². The Kier molecular flexibility index (Phi) is 3.47. The van der Waals surface area contributed by atoms with Crippen LogP contribution in [0.4, 0.5) is 4.39 Å². The van der Waals surface area contributed by atoms with Crippen molar-refractivity contribution in [1.29, 1.82) is 5.26 Å².